The lowest BCUT2D eigenvalue weighted by Crippen LogP contribution is -2.53. The Hall–Kier alpha value is -0.730. The molecule has 0 atom stereocenters. The van der Waals surface area contributed by atoms with Crippen molar-refractivity contribution < 1.29 is 4.79 Å². The maximum atomic E-state index is 11.5. The molecule has 0 aromatic carbocycles. The van der Waals surface area contributed by atoms with E-state index in [4.69, 9.17) is 0 Å². The molecule has 0 radical (unpaired) electrons. The van der Waals surface area contributed by atoms with E-state index in [1.165, 1.54) is 0 Å². The minimum atomic E-state index is -0.174. The molecular formula is C11H24N2O. The standard InChI is InChI=1S/C11H24N2O/c1-7-8-11(5,6)13-9(14)12-10(2,3)4/h7-8H2,1-6H3,(H2,12,13,14). The lowest BCUT2D eigenvalue weighted by molar-refractivity contribution is 0.219. The Kier molecular flexibility index (Phi) is 4.43. The summed E-state index contributed by atoms with van der Waals surface area (Å²) in [5, 5.41) is 5.85. The minimum Gasteiger partial charge on any atom is -0.334 e. The molecule has 0 fully saturated rings. The van der Waals surface area contributed by atoms with Crippen molar-refractivity contribution in [2.75, 3.05) is 0 Å². The van der Waals surface area contributed by atoms with Crippen molar-refractivity contribution in [1.29, 1.82) is 0 Å². The van der Waals surface area contributed by atoms with Crippen molar-refractivity contribution in [3.8, 4) is 0 Å². The van der Waals surface area contributed by atoms with Gasteiger partial charge in [0.2, 0.25) is 0 Å². The molecule has 0 aliphatic heterocycles. The topological polar surface area (TPSA) is 41.1 Å². The van der Waals surface area contributed by atoms with E-state index < -0.39 is 0 Å². The molecule has 0 unspecified atom stereocenters. The van der Waals surface area contributed by atoms with Gasteiger partial charge in [-0.3, -0.25) is 0 Å². The molecule has 0 rings (SSSR count). The molecule has 2 amide bonds. The Labute approximate surface area is 87.6 Å². The van der Waals surface area contributed by atoms with Gasteiger partial charge in [-0.2, -0.15) is 0 Å². The van der Waals surface area contributed by atoms with Gasteiger partial charge in [-0.1, -0.05) is 13.3 Å². The number of carbonyl (C=O) groups excluding carboxylic acids is 1. The Morgan fingerprint density at radius 2 is 1.57 bits per heavy atom. The van der Waals surface area contributed by atoms with Crippen LogP contribution in [0.4, 0.5) is 4.79 Å². The van der Waals surface area contributed by atoms with Gasteiger partial charge in [0, 0.05) is 11.1 Å². The number of carbonyl (C=O) groups is 1. The van der Waals surface area contributed by atoms with E-state index in [1.54, 1.807) is 0 Å². The number of hydrogen-bond acceptors (Lipinski definition) is 1. The van der Waals surface area contributed by atoms with Gasteiger partial charge >= 0.3 is 6.03 Å². The van der Waals surface area contributed by atoms with Crippen LogP contribution in [0.1, 0.15) is 54.4 Å². The number of hydrogen-bond donors (Lipinski definition) is 2. The molecule has 0 bridgehead atoms. The van der Waals surface area contributed by atoms with E-state index in [9.17, 15) is 4.79 Å². The molecule has 0 heterocycles. The van der Waals surface area contributed by atoms with Crippen LogP contribution in [0.25, 0.3) is 0 Å². The van der Waals surface area contributed by atoms with Gasteiger partial charge in [-0.25, -0.2) is 4.79 Å². The lowest BCUT2D eigenvalue weighted by atomic mass is 9.99. The fourth-order valence-electron chi connectivity index (χ4n) is 1.37. The van der Waals surface area contributed by atoms with Crippen LogP contribution in [0.3, 0.4) is 0 Å². The summed E-state index contributed by atoms with van der Waals surface area (Å²) in [6.07, 6.45) is 2.06. The van der Waals surface area contributed by atoms with E-state index >= 15 is 0 Å². The number of rotatable bonds is 3. The first kappa shape index (κ1) is 13.3. The second-order valence-corrected chi connectivity index (χ2v) is 5.46. The van der Waals surface area contributed by atoms with Gasteiger partial charge in [0.25, 0.3) is 0 Å². The summed E-state index contributed by atoms with van der Waals surface area (Å²) in [4.78, 5) is 11.5. The van der Waals surface area contributed by atoms with Gasteiger partial charge < -0.3 is 10.6 Å². The predicted molar refractivity (Wildman–Crippen MR) is 60.4 cm³/mol. The van der Waals surface area contributed by atoms with Crippen LogP contribution in [-0.2, 0) is 0 Å². The molecule has 14 heavy (non-hydrogen) atoms. The average molecular weight is 200 g/mol. The van der Waals surface area contributed by atoms with Gasteiger partial charge in [-0.15, -0.1) is 0 Å². The lowest BCUT2D eigenvalue weighted by Gasteiger charge is -2.29. The largest absolute Gasteiger partial charge is 0.334 e. The number of amides is 2. The van der Waals surface area contributed by atoms with Crippen molar-refractivity contribution in [3.63, 3.8) is 0 Å². The monoisotopic (exact) mass is 200 g/mol. The third-order valence-electron chi connectivity index (χ3n) is 1.82. The summed E-state index contributed by atoms with van der Waals surface area (Å²) in [5.74, 6) is 0. The molecule has 3 nitrogen and oxygen atoms in total. The van der Waals surface area contributed by atoms with Crippen LogP contribution in [0.15, 0.2) is 0 Å². The second kappa shape index (κ2) is 4.67. The summed E-state index contributed by atoms with van der Waals surface area (Å²) >= 11 is 0. The maximum Gasteiger partial charge on any atom is 0.315 e. The average Bonchev–Trinajstić information content (AvgIpc) is 1.78. The van der Waals surface area contributed by atoms with Crippen molar-refractivity contribution in [2.24, 2.45) is 0 Å². The van der Waals surface area contributed by atoms with Crippen LogP contribution in [0, 0.1) is 0 Å². The summed E-state index contributed by atoms with van der Waals surface area (Å²) in [5.41, 5.74) is -0.295. The Morgan fingerprint density at radius 1 is 1.07 bits per heavy atom. The molecule has 3 heteroatoms. The summed E-state index contributed by atoms with van der Waals surface area (Å²) in [6.45, 7) is 12.1. The van der Waals surface area contributed by atoms with E-state index in [1.807, 2.05) is 34.6 Å². The first-order chi connectivity index (χ1) is 6.16. The first-order valence-electron chi connectivity index (χ1n) is 5.26. The van der Waals surface area contributed by atoms with Crippen molar-refractivity contribution in [3.05, 3.63) is 0 Å². The normalized spacial score (nSPS) is 12.4. The highest BCUT2D eigenvalue weighted by Crippen LogP contribution is 2.10. The van der Waals surface area contributed by atoms with Gasteiger partial charge in [0.05, 0.1) is 0 Å². The fourth-order valence-corrected chi connectivity index (χ4v) is 1.37. The van der Waals surface area contributed by atoms with Crippen LogP contribution in [-0.4, -0.2) is 17.1 Å². The van der Waals surface area contributed by atoms with Crippen LogP contribution in [0.2, 0.25) is 0 Å². The highest BCUT2D eigenvalue weighted by atomic mass is 16.2. The molecule has 0 aliphatic carbocycles. The first-order valence-corrected chi connectivity index (χ1v) is 5.26. The Morgan fingerprint density at radius 3 is 1.93 bits per heavy atom. The second-order valence-electron chi connectivity index (χ2n) is 5.46. The van der Waals surface area contributed by atoms with E-state index in [0.29, 0.717) is 0 Å². The minimum absolute atomic E-state index is 0.0871. The van der Waals surface area contributed by atoms with Crippen molar-refractivity contribution in [2.45, 2.75) is 65.5 Å². The molecular weight excluding hydrogens is 176 g/mol. The Bertz CT molecular complexity index is 192. The molecule has 0 aromatic heterocycles. The third-order valence-corrected chi connectivity index (χ3v) is 1.82. The maximum absolute atomic E-state index is 11.5. The Balaban J connectivity index is 4.06. The molecule has 0 spiro atoms. The predicted octanol–water partition coefficient (Wildman–Crippen LogP) is 2.66. The molecule has 84 valence electrons. The molecule has 0 saturated heterocycles. The quantitative estimate of drug-likeness (QED) is 0.722. The summed E-state index contributed by atoms with van der Waals surface area (Å²) < 4.78 is 0. The highest BCUT2D eigenvalue weighted by molar-refractivity contribution is 5.75. The molecule has 0 saturated carbocycles. The van der Waals surface area contributed by atoms with E-state index in [2.05, 4.69) is 17.6 Å². The molecule has 2 N–H and O–H groups in total. The fraction of sp³-hybridized carbons (Fsp3) is 0.909. The third kappa shape index (κ3) is 6.75. The smallest absolute Gasteiger partial charge is 0.315 e. The zero-order chi connectivity index (χ0) is 11.4. The van der Waals surface area contributed by atoms with Gasteiger partial charge in [0.15, 0.2) is 0 Å². The number of urea groups is 1. The number of nitrogens with one attached hydrogen (secondary N) is 2. The molecule has 0 aromatic rings. The van der Waals surface area contributed by atoms with Crippen LogP contribution >= 0.6 is 0 Å². The van der Waals surface area contributed by atoms with Gasteiger partial charge in [-0.05, 0) is 41.0 Å². The van der Waals surface area contributed by atoms with Crippen molar-refractivity contribution >= 4 is 6.03 Å². The SMILES string of the molecule is CCCC(C)(C)NC(=O)NC(C)(C)C. The van der Waals surface area contributed by atoms with Gasteiger partial charge in [0.1, 0.15) is 0 Å². The zero-order valence-corrected chi connectivity index (χ0v) is 10.3. The summed E-state index contributed by atoms with van der Waals surface area (Å²) in [6, 6.07) is -0.0871. The molecule has 0 aliphatic rings. The summed E-state index contributed by atoms with van der Waals surface area (Å²) in [7, 11) is 0. The van der Waals surface area contributed by atoms with E-state index in [-0.39, 0.29) is 17.1 Å². The van der Waals surface area contributed by atoms with E-state index in [0.717, 1.165) is 12.8 Å². The van der Waals surface area contributed by atoms with Crippen LogP contribution < -0.4 is 10.6 Å². The zero-order valence-electron chi connectivity index (χ0n) is 10.3. The highest BCUT2D eigenvalue weighted by Gasteiger charge is 2.21. The van der Waals surface area contributed by atoms with Crippen molar-refractivity contribution in [1.82, 2.24) is 10.6 Å². The van der Waals surface area contributed by atoms with Crippen LogP contribution in [0.5, 0.6) is 0 Å².